The summed E-state index contributed by atoms with van der Waals surface area (Å²) in [6, 6.07) is 0. The SMILES string of the molecule is CCC(=Cc1cn[nH]c1)C(=O)O.Cl. The number of nitrogens with zero attached hydrogens (tertiary/aromatic N) is 1. The lowest BCUT2D eigenvalue weighted by atomic mass is 10.1. The van der Waals surface area contributed by atoms with E-state index in [-0.39, 0.29) is 12.4 Å². The topological polar surface area (TPSA) is 66.0 Å². The molecular formula is C8H11ClN2O2. The van der Waals surface area contributed by atoms with E-state index in [2.05, 4.69) is 10.2 Å². The summed E-state index contributed by atoms with van der Waals surface area (Å²) < 4.78 is 0. The van der Waals surface area contributed by atoms with Gasteiger partial charge >= 0.3 is 5.97 Å². The molecule has 1 aromatic rings. The van der Waals surface area contributed by atoms with Crippen LogP contribution in [-0.4, -0.2) is 21.3 Å². The molecule has 5 heteroatoms. The van der Waals surface area contributed by atoms with E-state index in [1.165, 1.54) is 0 Å². The molecule has 0 radical (unpaired) electrons. The van der Waals surface area contributed by atoms with Crippen LogP contribution in [0.2, 0.25) is 0 Å². The van der Waals surface area contributed by atoms with Crippen molar-refractivity contribution in [2.45, 2.75) is 13.3 Å². The second-order valence-electron chi connectivity index (χ2n) is 2.36. The summed E-state index contributed by atoms with van der Waals surface area (Å²) in [6.07, 6.45) is 5.35. The van der Waals surface area contributed by atoms with Crippen LogP contribution < -0.4 is 0 Å². The molecule has 0 bridgehead atoms. The third-order valence-electron chi connectivity index (χ3n) is 1.52. The Balaban J connectivity index is 0.00000144. The van der Waals surface area contributed by atoms with Crippen LogP contribution in [0.25, 0.3) is 6.08 Å². The highest BCUT2D eigenvalue weighted by Crippen LogP contribution is 2.07. The number of halogens is 1. The minimum Gasteiger partial charge on any atom is -0.478 e. The fraction of sp³-hybridized carbons (Fsp3) is 0.250. The van der Waals surface area contributed by atoms with Crippen LogP contribution in [0.1, 0.15) is 18.9 Å². The van der Waals surface area contributed by atoms with Crippen molar-refractivity contribution in [2.24, 2.45) is 0 Å². The highest BCUT2D eigenvalue weighted by Gasteiger charge is 2.03. The molecule has 0 fully saturated rings. The molecule has 1 rings (SSSR count). The summed E-state index contributed by atoms with van der Waals surface area (Å²) in [5.74, 6) is -0.876. The Morgan fingerprint density at radius 1 is 1.77 bits per heavy atom. The zero-order valence-corrected chi connectivity index (χ0v) is 7.97. The van der Waals surface area contributed by atoms with Crippen molar-refractivity contribution in [1.29, 1.82) is 0 Å². The van der Waals surface area contributed by atoms with E-state index in [9.17, 15) is 4.79 Å². The van der Waals surface area contributed by atoms with Gasteiger partial charge in [0.15, 0.2) is 0 Å². The number of rotatable bonds is 3. The van der Waals surface area contributed by atoms with E-state index in [4.69, 9.17) is 5.11 Å². The predicted molar refractivity (Wildman–Crippen MR) is 51.7 cm³/mol. The highest BCUT2D eigenvalue weighted by molar-refractivity contribution is 5.91. The van der Waals surface area contributed by atoms with Crippen LogP contribution in [-0.2, 0) is 4.79 Å². The number of carboxylic acid groups (broad SMARTS) is 1. The van der Waals surface area contributed by atoms with Crippen LogP contribution in [0, 0.1) is 0 Å². The summed E-state index contributed by atoms with van der Waals surface area (Å²) in [5, 5.41) is 15.0. The summed E-state index contributed by atoms with van der Waals surface area (Å²) in [4.78, 5) is 10.6. The van der Waals surface area contributed by atoms with E-state index in [1.807, 2.05) is 0 Å². The lowest BCUT2D eigenvalue weighted by Crippen LogP contribution is -1.98. The molecule has 0 aromatic carbocycles. The smallest absolute Gasteiger partial charge is 0.331 e. The number of carbonyl (C=O) groups is 1. The monoisotopic (exact) mass is 202 g/mol. The molecule has 0 saturated carbocycles. The van der Waals surface area contributed by atoms with E-state index < -0.39 is 5.97 Å². The van der Waals surface area contributed by atoms with E-state index in [1.54, 1.807) is 25.4 Å². The van der Waals surface area contributed by atoms with E-state index >= 15 is 0 Å². The molecular weight excluding hydrogens is 192 g/mol. The average molecular weight is 203 g/mol. The summed E-state index contributed by atoms with van der Waals surface area (Å²) >= 11 is 0. The first-order valence-corrected chi connectivity index (χ1v) is 3.66. The lowest BCUT2D eigenvalue weighted by Gasteiger charge is -1.94. The number of aromatic amines is 1. The Kier molecular flexibility index (Phi) is 4.84. The Bertz CT molecular complexity index is 293. The van der Waals surface area contributed by atoms with Crippen molar-refractivity contribution in [3.63, 3.8) is 0 Å². The maximum atomic E-state index is 10.6. The number of nitrogens with one attached hydrogen (secondary N) is 1. The average Bonchev–Trinajstić information content (AvgIpc) is 2.51. The van der Waals surface area contributed by atoms with Crippen molar-refractivity contribution in [3.8, 4) is 0 Å². The number of hydrogen-bond donors (Lipinski definition) is 2. The first-order valence-electron chi connectivity index (χ1n) is 3.66. The second-order valence-corrected chi connectivity index (χ2v) is 2.36. The van der Waals surface area contributed by atoms with Crippen LogP contribution in [0.15, 0.2) is 18.0 Å². The van der Waals surface area contributed by atoms with Gasteiger partial charge in [-0.25, -0.2) is 4.79 Å². The fourth-order valence-corrected chi connectivity index (χ4v) is 0.856. The van der Waals surface area contributed by atoms with Gasteiger partial charge in [-0.15, -0.1) is 12.4 Å². The molecule has 0 aliphatic rings. The zero-order valence-electron chi connectivity index (χ0n) is 7.15. The molecule has 1 aromatic heterocycles. The largest absolute Gasteiger partial charge is 0.478 e. The molecule has 0 amide bonds. The number of aliphatic carboxylic acids is 1. The summed E-state index contributed by atoms with van der Waals surface area (Å²) in [7, 11) is 0. The van der Waals surface area contributed by atoms with Crippen molar-refractivity contribution < 1.29 is 9.90 Å². The van der Waals surface area contributed by atoms with Gasteiger partial charge in [0.05, 0.1) is 6.20 Å². The molecule has 0 atom stereocenters. The van der Waals surface area contributed by atoms with Gasteiger partial charge in [-0.3, -0.25) is 5.10 Å². The number of H-pyrrole nitrogens is 1. The maximum absolute atomic E-state index is 10.6. The second kappa shape index (κ2) is 5.37. The molecule has 0 unspecified atom stereocenters. The Labute approximate surface area is 82.1 Å². The van der Waals surface area contributed by atoms with Crippen molar-refractivity contribution in [2.75, 3.05) is 0 Å². The quantitative estimate of drug-likeness (QED) is 0.734. The van der Waals surface area contributed by atoms with Crippen LogP contribution >= 0.6 is 12.4 Å². The first kappa shape index (κ1) is 11.7. The third-order valence-corrected chi connectivity index (χ3v) is 1.52. The molecule has 4 nitrogen and oxygen atoms in total. The van der Waals surface area contributed by atoms with Crippen LogP contribution in [0.5, 0.6) is 0 Å². The van der Waals surface area contributed by atoms with Gasteiger partial charge in [-0.1, -0.05) is 6.92 Å². The molecule has 0 aliphatic carbocycles. The predicted octanol–water partition coefficient (Wildman–Crippen LogP) is 1.71. The Morgan fingerprint density at radius 2 is 2.46 bits per heavy atom. The molecule has 72 valence electrons. The molecule has 0 saturated heterocycles. The van der Waals surface area contributed by atoms with Crippen LogP contribution in [0.4, 0.5) is 0 Å². The van der Waals surface area contributed by atoms with Gasteiger partial charge in [0.1, 0.15) is 0 Å². The highest BCUT2D eigenvalue weighted by atomic mass is 35.5. The Morgan fingerprint density at radius 3 is 2.85 bits per heavy atom. The number of aromatic nitrogens is 2. The molecule has 2 N–H and O–H groups in total. The molecule has 0 aliphatic heterocycles. The van der Waals surface area contributed by atoms with Gasteiger partial charge in [-0.05, 0) is 12.5 Å². The minimum atomic E-state index is -0.876. The van der Waals surface area contributed by atoms with Gasteiger partial charge in [0.25, 0.3) is 0 Å². The fourth-order valence-electron chi connectivity index (χ4n) is 0.856. The lowest BCUT2D eigenvalue weighted by molar-refractivity contribution is -0.132. The van der Waals surface area contributed by atoms with Gasteiger partial charge in [0, 0.05) is 17.3 Å². The first-order chi connectivity index (χ1) is 5.74. The van der Waals surface area contributed by atoms with Gasteiger partial charge < -0.3 is 5.11 Å². The number of hydrogen-bond acceptors (Lipinski definition) is 2. The van der Waals surface area contributed by atoms with E-state index in [0.29, 0.717) is 12.0 Å². The van der Waals surface area contributed by atoms with Crippen molar-refractivity contribution in [3.05, 3.63) is 23.5 Å². The summed E-state index contributed by atoms with van der Waals surface area (Å²) in [6.45, 7) is 1.81. The van der Waals surface area contributed by atoms with Crippen molar-refractivity contribution in [1.82, 2.24) is 10.2 Å². The zero-order chi connectivity index (χ0) is 8.97. The third kappa shape index (κ3) is 3.29. The standard InChI is InChI=1S/C8H10N2O2.ClH/c1-2-7(8(11)12)3-6-4-9-10-5-6;/h3-5H,2H2,1H3,(H,9,10)(H,11,12);1H. The van der Waals surface area contributed by atoms with Gasteiger partial charge in [-0.2, -0.15) is 5.10 Å². The van der Waals surface area contributed by atoms with Gasteiger partial charge in [0.2, 0.25) is 0 Å². The molecule has 13 heavy (non-hydrogen) atoms. The van der Waals surface area contributed by atoms with E-state index in [0.717, 1.165) is 5.56 Å². The Hall–Kier alpha value is -1.29. The normalized spacial score (nSPS) is 10.7. The van der Waals surface area contributed by atoms with Crippen molar-refractivity contribution >= 4 is 24.5 Å². The maximum Gasteiger partial charge on any atom is 0.331 e. The summed E-state index contributed by atoms with van der Waals surface area (Å²) in [5.41, 5.74) is 1.17. The number of carboxylic acids is 1. The van der Waals surface area contributed by atoms with Crippen LogP contribution in [0.3, 0.4) is 0 Å². The molecule has 1 heterocycles. The molecule has 0 spiro atoms. The minimum absolute atomic E-state index is 0.